The maximum Gasteiger partial charge on any atom is 0.203 e. The van der Waals surface area contributed by atoms with E-state index in [1.807, 2.05) is 36.4 Å². The molecule has 0 bridgehead atoms. The van der Waals surface area contributed by atoms with Gasteiger partial charge in [-0.1, -0.05) is 50.2 Å². The molecule has 1 aliphatic carbocycles. The maximum atomic E-state index is 11.9. The summed E-state index contributed by atoms with van der Waals surface area (Å²) in [5.74, 6) is 0.989. The van der Waals surface area contributed by atoms with Crippen molar-refractivity contribution in [1.29, 1.82) is 0 Å². The molecule has 0 amide bonds. The maximum absolute atomic E-state index is 11.9. The molecular weight excluding hydrogens is 370 g/mol. The molecule has 4 heteroatoms. The van der Waals surface area contributed by atoms with E-state index in [1.54, 1.807) is 6.92 Å². The average Bonchev–Trinajstić information content (AvgIpc) is 3.29. The molecule has 150 valence electrons. The second kappa shape index (κ2) is 6.84. The highest BCUT2D eigenvalue weighted by atomic mass is 16.1. The summed E-state index contributed by atoms with van der Waals surface area (Å²) in [6.07, 6.45) is 0. The van der Waals surface area contributed by atoms with Crippen LogP contribution in [0.25, 0.3) is 11.1 Å². The second-order valence-corrected chi connectivity index (χ2v) is 8.52. The van der Waals surface area contributed by atoms with E-state index in [-0.39, 0.29) is 11.2 Å². The quantitative estimate of drug-likeness (QED) is 0.597. The summed E-state index contributed by atoms with van der Waals surface area (Å²) in [6, 6.07) is 22.9. The van der Waals surface area contributed by atoms with Gasteiger partial charge in [0.2, 0.25) is 5.96 Å². The van der Waals surface area contributed by atoms with E-state index in [1.165, 1.54) is 22.3 Å². The zero-order valence-corrected chi connectivity index (χ0v) is 17.6. The van der Waals surface area contributed by atoms with Crippen molar-refractivity contribution >= 4 is 23.1 Å². The summed E-state index contributed by atoms with van der Waals surface area (Å²) >= 11 is 0. The van der Waals surface area contributed by atoms with Crippen LogP contribution < -0.4 is 10.2 Å². The van der Waals surface area contributed by atoms with Crippen molar-refractivity contribution < 1.29 is 4.79 Å². The van der Waals surface area contributed by atoms with Crippen molar-refractivity contribution in [3.8, 4) is 11.1 Å². The van der Waals surface area contributed by atoms with Gasteiger partial charge in [-0.3, -0.25) is 9.79 Å². The molecule has 0 spiro atoms. The van der Waals surface area contributed by atoms with Crippen molar-refractivity contribution in [2.24, 2.45) is 4.99 Å². The fourth-order valence-electron chi connectivity index (χ4n) is 4.57. The van der Waals surface area contributed by atoms with E-state index < -0.39 is 0 Å². The van der Waals surface area contributed by atoms with Gasteiger partial charge in [0, 0.05) is 28.9 Å². The van der Waals surface area contributed by atoms with Crippen LogP contribution in [0.5, 0.6) is 0 Å². The molecule has 1 aliphatic heterocycles. The van der Waals surface area contributed by atoms with Crippen LogP contribution in [0.15, 0.2) is 71.7 Å². The fraction of sp³-hybridized carbons (Fsp3) is 0.231. The zero-order chi connectivity index (χ0) is 20.9. The van der Waals surface area contributed by atoms with Gasteiger partial charge in [-0.05, 0) is 59.5 Å². The SMILES string of the molecule is CC(=O)c1ccc2c(c1)C(C)(C)c1cc(N3CCN=C3Nc3ccccc3)ccc1-2. The van der Waals surface area contributed by atoms with Gasteiger partial charge < -0.3 is 10.2 Å². The van der Waals surface area contributed by atoms with Crippen LogP contribution in [0.4, 0.5) is 11.4 Å². The molecule has 0 saturated carbocycles. The minimum Gasteiger partial charge on any atom is -0.326 e. The number of hydrogen-bond donors (Lipinski definition) is 1. The van der Waals surface area contributed by atoms with Gasteiger partial charge >= 0.3 is 0 Å². The standard InChI is InChI=1S/C26H25N3O/c1-17(30)18-9-11-21-22-12-10-20(16-24(22)26(2,3)23(21)15-18)29-14-13-27-25(29)28-19-7-5-4-6-8-19/h4-12,15-16H,13-14H2,1-3H3,(H,27,28). The first-order chi connectivity index (χ1) is 14.4. The second-order valence-electron chi connectivity index (χ2n) is 8.52. The lowest BCUT2D eigenvalue weighted by Crippen LogP contribution is -2.33. The van der Waals surface area contributed by atoms with Gasteiger partial charge in [-0.15, -0.1) is 0 Å². The Morgan fingerprint density at radius 1 is 0.967 bits per heavy atom. The van der Waals surface area contributed by atoms with Gasteiger partial charge in [0.15, 0.2) is 5.78 Å². The Morgan fingerprint density at radius 2 is 1.67 bits per heavy atom. The largest absolute Gasteiger partial charge is 0.326 e. The van der Waals surface area contributed by atoms with E-state index in [0.29, 0.717) is 0 Å². The van der Waals surface area contributed by atoms with Crippen LogP contribution in [-0.4, -0.2) is 24.8 Å². The predicted octanol–water partition coefficient (Wildman–Crippen LogP) is 5.48. The number of para-hydroxylation sites is 1. The Balaban J connectivity index is 1.51. The molecule has 30 heavy (non-hydrogen) atoms. The fourth-order valence-corrected chi connectivity index (χ4v) is 4.57. The Hall–Kier alpha value is -3.40. The number of benzene rings is 3. The zero-order valence-electron chi connectivity index (χ0n) is 17.6. The molecule has 0 aromatic heterocycles. The molecule has 0 fully saturated rings. The normalized spacial score (nSPS) is 16.1. The van der Waals surface area contributed by atoms with Crippen LogP contribution >= 0.6 is 0 Å². The van der Waals surface area contributed by atoms with E-state index >= 15 is 0 Å². The van der Waals surface area contributed by atoms with Crippen molar-refractivity contribution in [3.63, 3.8) is 0 Å². The topological polar surface area (TPSA) is 44.7 Å². The Labute approximate surface area is 177 Å². The number of nitrogens with one attached hydrogen (secondary N) is 1. The molecule has 0 atom stereocenters. The Bertz CT molecular complexity index is 1180. The minimum atomic E-state index is -0.157. The van der Waals surface area contributed by atoms with E-state index in [2.05, 4.69) is 59.4 Å². The van der Waals surface area contributed by atoms with Crippen molar-refractivity contribution in [3.05, 3.63) is 83.4 Å². The first kappa shape index (κ1) is 18.6. The summed E-state index contributed by atoms with van der Waals surface area (Å²) in [5, 5.41) is 3.45. The van der Waals surface area contributed by atoms with E-state index in [9.17, 15) is 4.79 Å². The molecule has 0 radical (unpaired) electrons. The summed E-state index contributed by atoms with van der Waals surface area (Å²) in [6.45, 7) is 7.75. The highest BCUT2D eigenvalue weighted by molar-refractivity contribution is 6.07. The third-order valence-electron chi connectivity index (χ3n) is 6.25. The summed E-state index contributed by atoms with van der Waals surface area (Å²) < 4.78 is 0. The Kier molecular flexibility index (Phi) is 4.24. The molecule has 5 rings (SSSR count). The third-order valence-corrected chi connectivity index (χ3v) is 6.25. The third kappa shape index (κ3) is 2.91. The molecule has 0 saturated heterocycles. The number of Topliss-reactive ketones (excluding diaryl/α,β-unsaturated/α-hetero) is 1. The lowest BCUT2D eigenvalue weighted by atomic mass is 9.81. The number of carbonyl (C=O) groups is 1. The summed E-state index contributed by atoms with van der Waals surface area (Å²) in [4.78, 5) is 18.8. The summed E-state index contributed by atoms with van der Waals surface area (Å²) in [7, 11) is 0. The smallest absolute Gasteiger partial charge is 0.203 e. The molecule has 0 unspecified atom stereocenters. The number of rotatable bonds is 3. The molecule has 3 aromatic carbocycles. The highest BCUT2D eigenvalue weighted by Crippen LogP contribution is 2.50. The number of ketones is 1. The van der Waals surface area contributed by atoms with Crippen LogP contribution in [0, 0.1) is 0 Å². The number of carbonyl (C=O) groups excluding carboxylic acids is 1. The average molecular weight is 396 g/mol. The number of guanidine groups is 1. The molecular formula is C26H25N3O. The van der Waals surface area contributed by atoms with Crippen molar-refractivity contribution in [2.75, 3.05) is 23.3 Å². The van der Waals surface area contributed by atoms with E-state index in [0.717, 1.165) is 36.0 Å². The molecule has 2 aliphatic rings. The van der Waals surface area contributed by atoms with Gasteiger partial charge in [0.05, 0.1) is 6.54 Å². The predicted molar refractivity (Wildman–Crippen MR) is 124 cm³/mol. The van der Waals surface area contributed by atoms with Gasteiger partial charge in [0.25, 0.3) is 0 Å². The van der Waals surface area contributed by atoms with Gasteiger partial charge in [-0.25, -0.2) is 0 Å². The summed E-state index contributed by atoms with van der Waals surface area (Å²) in [5.41, 5.74) is 7.79. The van der Waals surface area contributed by atoms with Gasteiger partial charge in [-0.2, -0.15) is 0 Å². The first-order valence-electron chi connectivity index (χ1n) is 10.4. The van der Waals surface area contributed by atoms with Crippen molar-refractivity contribution in [2.45, 2.75) is 26.2 Å². The first-order valence-corrected chi connectivity index (χ1v) is 10.4. The van der Waals surface area contributed by atoms with Gasteiger partial charge in [0.1, 0.15) is 0 Å². The minimum absolute atomic E-state index is 0.107. The van der Waals surface area contributed by atoms with Crippen LogP contribution in [0.1, 0.15) is 42.3 Å². The van der Waals surface area contributed by atoms with Crippen LogP contribution in [-0.2, 0) is 5.41 Å². The number of hydrogen-bond acceptors (Lipinski definition) is 4. The Morgan fingerprint density at radius 3 is 2.40 bits per heavy atom. The van der Waals surface area contributed by atoms with Crippen LogP contribution in [0.3, 0.4) is 0 Å². The highest BCUT2D eigenvalue weighted by Gasteiger charge is 2.36. The molecule has 3 aromatic rings. The monoisotopic (exact) mass is 395 g/mol. The number of aliphatic imine (C=N–C) groups is 1. The molecule has 4 nitrogen and oxygen atoms in total. The molecule has 1 heterocycles. The molecule has 1 N–H and O–H groups in total. The lowest BCUT2D eigenvalue weighted by Gasteiger charge is -2.25. The van der Waals surface area contributed by atoms with Crippen LogP contribution in [0.2, 0.25) is 0 Å². The number of fused-ring (bicyclic) bond motifs is 3. The van der Waals surface area contributed by atoms with Crippen molar-refractivity contribution in [1.82, 2.24) is 0 Å². The number of nitrogens with zero attached hydrogens (tertiary/aromatic N) is 2. The van der Waals surface area contributed by atoms with E-state index in [4.69, 9.17) is 0 Å². The lowest BCUT2D eigenvalue weighted by molar-refractivity contribution is 0.101. The number of anilines is 2.